The van der Waals surface area contributed by atoms with E-state index < -0.39 is 18.2 Å². The zero-order valence-electron chi connectivity index (χ0n) is 21.5. The van der Waals surface area contributed by atoms with Crippen molar-refractivity contribution in [3.8, 4) is 11.5 Å². The zero-order chi connectivity index (χ0) is 26.0. The molecule has 0 unspecified atom stereocenters. The number of unbranched alkanes of at least 4 members (excludes halogenated alkanes) is 6. The van der Waals surface area contributed by atoms with E-state index in [1.807, 2.05) is 13.8 Å². The smallest absolute Gasteiger partial charge is 0.373 e. The number of benzene rings is 2. The first-order valence-corrected chi connectivity index (χ1v) is 12.8. The lowest BCUT2D eigenvalue weighted by Gasteiger charge is -2.15. The van der Waals surface area contributed by atoms with Gasteiger partial charge in [0.05, 0.1) is 24.3 Å². The summed E-state index contributed by atoms with van der Waals surface area (Å²) in [5.41, 5.74) is 0.582. The fourth-order valence-corrected chi connectivity index (χ4v) is 3.38. The molecule has 8 heteroatoms. The van der Waals surface area contributed by atoms with E-state index in [0.29, 0.717) is 42.3 Å². The van der Waals surface area contributed by atoms with Crippen LogP contribution >= 0.6 is 0 Å². The maximum atomic E-state index is 12.4. The number of carbonyl (C=O) groups is 2. The third-order valence-electron chi connectivity index (χ3n) is 5.31. The Morgan fingerprint density at radius 2 is 1.03 bits per heavy atom. The maximum Gasteiger partial charge on any atom is 0.373 e. The zero-order valence-corrected chi connectivity index (χ0v) is 21.5. The van der Waals surface area contributed by atoms with E-state index in [1.165, 1.54) is 25.7 Å². The first kappa shape index (κ1) is 29.1. The van der Waals surface area contributed by atoms with E-state index in [0.717, 1.165) is 19.3 Å². The molecule has 0 bridgehead atoms. The van der Waals surface area contributed by atoms with E-state index in [1.54, 1.807) is 48.5 Å². The van der Waals surface area contributed by atoms with Crippen molar-refractivity contribution in [1.29, 1.82) is 0 Å². The molecule has 0 amide bonds. The van der Waals surface area contributed by atoms with Crippen molar-refractivity contribution in [2.24, 2.45) is 0 Å². The molecule has 8 nitrogen and oxygen atoms in total. The molecule has 2 rings (SSSR count). The molecule has 2 aromatic rings. The predicted octanol–water partition coefficient (Wildman–Crippen LogP) is 6.83. The highest BCUT2D eigenvalue weighted by atomic mass is 17.3. The Balaban J connectivity index is 1.88. The van der Waals surface area contributed by atoms with Crippen LogP contribution < -0.4 is 9.47 Å². The van der Waals surface area contributed by atoms with Gasteiger partial charge in [-0.1, -0.05) is 45.4 Å². The molecule has 0 aliphatic heterocycles. The van der Waals surface area contributed by atoms with Gasteiger partial charge in [-0.2, -0.15) is 0 Å². The Morgan fingerprint density at radius 3 is 1.44 bits per heavy atom. The van der Waals surface area contributed by atoms with Gasteiger partial charge in [-0.3, -0.25) is 9.78 Å². The molecule has 36 heavy (non-hydrogen) atoms. The van der Waals surface area contributed by atoms with Gasteiger partial charge in [-0.25, -0.2) is 9.59 Å². The fraction of sp³-hybridized carbons (Fsp3) is 0.500. The maximum absolute atomic E-state index is 12.4. The average Bonchev–Trinajstić information content (AvgIpc) is 2.90. The Kier molecular flexibility index (Phi) is 14.0. The van der Waals surface area contributed by atoms with Crippen molar-refractivity contribution in [2.75, 3.05) is 13.2 Å². The first-order valence-electron chi connectivity index (χ1n) is 12.8. The van der Waals surface area contributed by atoms with Gasteiger partial charge in [0.2, 0.25) is 6.29 Å². The second-order valence-corrected chi connectivity index (χ2v) is 8.19. The van der Waals surface area contributed by atoms with E-state index in [-0.39, 0.29) is 0 Å². The van der Waals surface area contributed by atoms with Crippen LogP contribution in [-0.4, -0.2) is 31.4 Å². The normalized spacial score (nSPS) is 10.8. The third kappa shape index (κ3) is 11.1. The monoisotopic (exact) mass is 502 g/mol. The van der Waals surface area contributed by atoms with Crippen LogP contribution in [0.15, 0.2) is 48.5 Å². The number of hydrogen-bond donors (Lipinski definition) is 0. The molecule has 0 aliphatic carbocycles. The van der Waals surface area contributed by atoms with Gasteiger partial charge in [0.15, 0.2) is 0 Å². The van der Waals surface area contributed by atoms with Crippen molar-refractivity contribution in [2.45, 2.75) is 78.4 Å². The van der Waals surface area contributed by atoms with Crippen LogP contribution in [0.2, 0.25) is 0 Å². The van der Waals surface area contributed by atoms with Crippen molar-refractivity contribution in [1.82, 2.24) is 0 Å². The van der Waals surface area contributed by atoms with Gasteiger partial charge < -0.3 is 9.47 Å². The van der Waals surface area contributed by atoms with Crippen LogP contribution in [0, 0.1) is 0 Å². The summed E-state index contributed by atoms with van der Waals surface area (Å²) < 4.78 is 10.8. The Bertz CT molecular complexity index is 814. The van der Waals surface area contributed by atoms with Crippen molar-refractivity contribution in [3.05, 3.63) is 59.7 Å². The Labute approximate surface area is 213 Å². The van der Waals surface area contributed by atoms with E-state index >= 15 is 0 Å². The molecule has 198 valence electrons. The van der Waals surface area contributed by atoms with E-state index in [4.69, 9.17) is 29.0 Å². The molecule has 2 aromatic carbocycles. The van der Waals surface area contributed by atoms with E-state index in [9.17, 15) is 9.59 Å². The molecule has 0 heterocycles. The highest BCUT2D eigenvalue weighted by Gasteiger charge is 2.19. The number of rotatable bonds is 18. The summed E-state index contributed by atoms with van der Waals surface area (Å²) in [6.45, 7) is 7.00. The lowest BCUT2D eigenvalue weighted by Crippen LogP contribution is -2.22. The largest absolute Gasteiger partial charge is 0.494 e. The van der Waals surface area contributed by atoms with Crippen LogP contribution in [0.4, 0.5) is 0 Å². The van der Waals surface area contributed by atoms with Gasteiger partial charge in [0.1, 0.15) is 11.5 Å². The molecule has 0 saturated heterocycles. The Hall–Kier alpha value is -3.10. The minimum Gasteiger partial charge on any atom is -0.494 e. The van der Waals surface area contributed by atoms with Crippen LogP contribution in [0.1, 0.15) is 92.9 Å². The third-order valence-corrected chi connectivity index (χ3v) is 5.31. The number of hydrogen-bond acceptors (Lipinski definition) is 8. The highest BCUT2D eigenvalue weighted by molar-refractivity contribution is 5.89. The molecular formula is C28H38O8. The predicted molar refractivity (Wildman–Crippen MR) is 135 cm³/mol. The van der Waals surface area contributed by atoms with E-state index in [2.05, 4.69) is 6.92 Å². The average molecular weight is 503 g/mol. The fourth-order valence-electron chi connectivity index (χ4n) is 3.38. The van der Waals surface area contributed by atoms with Gasteiger partial charge in [0, 0.05) is 6.42 Å². The molecule has 0 spiro atoms. The molecule has 0 N–H and O–H groups in total. The topological polar surface area (TPSA) is 89.5 Å². The number of carbonyl (C=O) groups excluding carboxylic acids is 2. The van der Waals surface area contributed by atoms with Crippen LogP contribution in [0.25, 0.3) is 0 Å². The Morgan fingerprint density at radius 1 is 0.611 bits per heavy atom. The SMILES string of the molecule is CCCCCCCCCC(OOC(=O)c1ccc(OCC)cc1)OOC(=O)c1ccc(OCC)cc1. The summed E-state index contributed by atoms with van der Waals surface area (Å²) in [7, 11) is 0. The van der Waals surface area contributed by atoms with Crippen LogP contribution in [0.3, 0.4) is 0 Å². The van der Waals surface area contributed by atoms with Gasteiger partial charge >= 0.3 is 11.9 Å². The quantitative estimate of drug-likeness (QED) is 0.0948. The summed E-state index contributed by atoms with van der Waals surface area (Å²) in [6.07, 6.45) is 6.96. The summed E-state index contributed by atoms with van der Waals surface area (Å²) in [6, 6.07) is 13.0. The second-order valence-electron chi connectivity index (χ2n) is 8.19. The van der Waals surface area contributed by atoms with Crippen LogP contribution in [-0.2, 0) is 19.6 Å². The molecule has 0 radical (unpaired) electrons. The summed E-state index contributed by atoms with van der Waals surface area (Å²) in [5.74, 6) is -0.0826. The van der Waals surface area contributed by atoms with Gasteiger partial charge in [-0.15, -0.1) is 9.78 Å². The van der Waals surface area contributed by atoms with Gasteiger partial charge in [0.25, 0.3) is 0 Å². The lowest BCUT2D eigenvalue weighted by atomic mass is 10.1. The molecule has 0 atom stereocenters. The second kappa shape index (κ2) is 17.3. The summed E-state index contributed by atoms with van der Waals surface area (Å²) in [4.78, 5) is 45.1. The van der Waals surface area contributed by atoms with Crippen molar-refractivity contribution >= 4 is 11.9 Å². The standard InChI is InChI=1S/C28H38O8/c1-4-7-8-9-10-11-12-13-26(33-35-27(29)22-14-18-24(19-15-22)31-5-2)34-36-28(30)23-16-20-25(21-17-23)32-6-3/h14-21,26H,4-13H2,1-3H3. The minimum absolute atomic E-state index is 0.291. The molecule has 0 aromatic heterocycles. The first-order chi connectivity index (χ1) is 17.6. The lowest BCUT2D eigenvalue weighted by molar-refractivity contribution is -0.421. The molecular weight excluding hydrogens is 464 g/mol. The number of ether oxygens (including phenoxy) is 2. The van der Waals surface area contributed by atoms with Crippen LogP contribution in [0.5, 0.6) is 11.5 Å². The van der Waals surface area contributed by atoms with Crippen molar-refractivity contribution in [3.63, 3.8) is 0 Å². The highest BCUT2D eigenvalue weighted by Crippen LogP contribution is 2.17. The minimum atomic E-state index is -1.06. The van der Waals surface area contributed by atoms with Crippen molar-refractivity contribution < 1.29 is 38.6 Å². The summed E-state index contributed by atoms with van der Waals surface area (Å²) in [5, 5.41) is 0. The molecule has 0 aliphatic rings. The molecule has 0 fully saturated rings. The van der Waals surface area contributed by atoms with Gasteiger partial charge in [-0.05, 0) is 68.8 Å². The molecule has 0 saturated carbocycles. The summed E-state index contributed by atoms with van der Waals surface area (Å²) >= 11 is 0.